The first-order chi connectivity index (χ1) is 12.8. The molecule has 2 aromatic rings. The van der Waals surface area contributed by atoms with Gasteiger partial charge in [0.2, 0.25) is 5.28 Å². The first kappa shape index (κ1) is 20.3. The number of likely N-dealkylation sites (tertiary alicyclic amines) is 1. The van der Waals surface area contributed by atoms with Gasteiger partial charge in [0.15, 0.2) is 0 Å². The van der Waals surface area contributed by atoms with Crippen LogP contribution < -0.4 is 4.90 Å². The maximum atomic E-state index is 12.5. The Balaban J connectivity index is 1.97. The molecule has 0 amide bonds. The number of thiophene rings is 1. The summed E-state index contributed by atoms with van der Waals surface area (Å²) in [6, 6.07) is 0.394. The Bertz CT molecular complexity index is 831. The van der Waals surface area contributed by atoms with Crippen LogP contribution in [0.2, 0.25) is 5.28 Å². The number of carbonyl (C=O) groups is 1. The topological polar surface area (TPSA) is 58.6 Å². The third-order valence-electron chi connectivity index (χ3n) is 5.05. The largest absolute Gasteiger partial charge is 0.461 e. The van der Waals surface area contributed by atoms with Crippen molar-refractivity contribution in [2.45, 2.75) is 39.7 Å². The highest BCUT2D eigenvalue weighted by atomic mass is 35.5. The Morgan fingerprint density at radius 2 is 2.04 bits per heavy atom. The molecule has 1 saturated heterocycles. The van der Waals surface area contributed by atoms with Gasteiger partial charge in [0.05, 0.1) is 12.0 Å². The van der Waals surface area contributed by atoms with Gasteiger partial charge < -0.3 is 14.5 Å². The molecule has 2 aromatic heterocycles. The number of hydrogen-bond donors (Lipinski definition) is 0. The standard InChI is InChI=1S/C19H27ClN4O2S/c1-11(2)10-26-18(25)15-12(3)14-16(21-19(20)22-17(14)27-15)24(5)13-6-8-23(4)9-7-13/h11,13H,6-10H2,1-5H3. The van der Waals surface area contributed by atoms with Crippen molar-refractivity contribution in [3.8, 4) is 0 Å². The number of esters is 1. The number of piperidine rings is 1. The van der Waals surface area contributed by atoms with Gasteiger partial charge >= 0.3 is 5.97 Å². The molecule has 0 spiro atoms. The van der Waals surface area contributed by atoms with Gasteiger partial charge in [-0.2, -0.15) is 4.98 Å². The molecule has 3 heterocycles. The molecule has 1 fully saturated rings. The van der Waals surface area contributed by atoms with E-state index < -0.39 is 0 Å². The van der Waals surface area contributed by atoms with Crippen LogP contribution in [0.25, 0.3) is 10.2 Å². The molecular formula is C19H27ClN4O2S. The second-order valence-electron chi connectivity index (χ2n) is 7.69. The summed E-state index contributed by atoms with van der Waals surface area (Å²) in [4.78, 5) is 27.3. The van der Waals surface area contributed by atoms with E-state index in [-0.39, 0.29) is 11.3 Å². The van der Waals surface area contributed by atoms with Crippen LogP contribution in [-0.4, -0.2) is 60.7 Å². The minimum atomic E-state index is -0.298. The monoisotopic (exact) mass is 410 g/mol. The van der Waals surface area contributed by atoms with Crippen molar-refractivity contribution in [3.05, 3.63) is 15.7 Å². The lowest BCUT2D eigenvalue weighted by atomic mass is 10.0. The molecule has 8 heteroatoms. The summed E-state index contributed by atoms with van der Waals surface area (Å²) in [5.74, 6) is 0.799. The molecule has 27 heavy (non-hydrogen) atoms. The van der Waals surface area contributed by atoms with Crippen molar-refractivity contribution in [1.29, 1.82) is 0 Å². The number of anilines is 1. The Morgan fingerprint density at radius 1 is 1.37 bits per heavy atom. The fourth-order valence-electron chi connectivity index (χ4n) is 3.41. The van der Waals surface area contributed by atoms with E-state index in [0.717, 1.165) is 47.5 Å². The normalized spacial score (nSPS) is 16.3. The molecule has 0 N–H and O–H groups in total. The van der Waals surface area contributed by atoms with Crippen molar-refractivity contribution < 1.29 is 9.53 Å². The van der Waals surface area contributed by atoms with Gasteiger partial charge in [-0.3, -0.25) is 0 Å². The van der Waals surface area contributed by atoms with E-state index in [4.69, 9.17) is 16.3 Å². The number of rotatable bonds is 5. The first-order valence-electron chi connectivity index (χ1n) is 9.33. The lowest BCUT2D eigenvalue weighted by Crippen LogP contribution is -2.42. The van der Waals surface area contributed by atoms with Crippen LogP contribution in [0.1, 0.15) is 41.9 Å². The van der Waals surface area contributed by atoms with E-state index in [2.05, 4.69) is 33.9 Å². The van der Waals surface area contributed by atoms with Gasteiger partial charge in [0, 0.05) is 13.1 Å². The van der Waals surface area contributed by atoms with Gasteiger partial charge in [-0.15, -0.1) is 11.3 Å². The Labute approximate surface area is 169 Å². The molecule has 6 nitrogen and oxygen atoms in total. The summed E-state index contributed by atoms with van der Waals surface area (Å²) in [7, 11) is 4.20. The van der Waals surface area contributed by atoms with Gasteiger partial charge in [0.25, 0.3) is 0 Å². The van der Waals surface area contributed by atoms with Crippen LogP contribution in [0.5, 0.6) is 0 Å². The van der Waals surface area contributed by atoms with Crippen molar-refractivity contribution in [1.82, 2.24) is 14.9 Å². The average Bonchev–Trinajstić information content (AvgIpc) is 2.95. The molecule has 3 rings (SSSR count). The fraction of sp³-hybridized carbons (Fsp3) is 0.632. The van der Waals surface area contributed by atoms with Crippen molar-refractivity contribution in [2.75, 3.05) is 38.7 Å². The third-order valence-corrected chi connectivity index (χ3v) is 6.38. The molecule has 1 aliphatic heterocycles. The molecule has 0 unspecified atom stereocenters. The summed E-state index contributed by atoms with van der Waals surface area (Å²) < 4.78 is 5.43. The Morgan fingerprint density at radius 3 is 2.67 bits per heavy atom. The van der Waals surface area contributed by atoms with Crippen molar-refractivity contribution >= 4 is 44.9 Å². The van der Waals surface area contributed by atoms with Crippen LogP contribution in [0.4, 0.5) is 5.82 Å². The molecule has 0 aliphatic carbocycles. The van der Waals surface area contributed by atoms with Crippen molar-refractivity contribution in [2.24, 2.45) is 5.92 Å². The summed E-state index contributed by atoms with van der Waals surface area (Å²) >= 11 is 7.54. The molecule has 0 aromatic carbocycles. The van der Waals surface area contributed by atoms with Gasteiger partial charge in [-0.1, -0.05) is 13.8 Å². The van der Waals surface area contributed by atoms with Gasteiger partial charge in [0.1, 0.15) is 15.5 Å². The minimum absolute atomic E-state index is 0.209. The van der Waals surface area contributed by atoms with E-state index in [1.807, 2.05) is 20.8 Å². The SMILES string of the molecule is Cc1c(C(=O)OCC(C)C)sc2nc(Cl)nc(N(C)C3CCN(C)CC3)c12. The highest BCUT2D eigenvalue weighted by molar-refractivity contribution is 7.20. The first-order valence-corrected chi connectivity index (χ1v) is 10.5. The number of nitrogens with zero attached hydrogens (tertiary/aromatic N) is 4. The molecule has 0 bridgehead atoms. The molecule has 148 valence electrons. The Kier molecular flexibility index (Phi) is 6.23. The second-order valence-corrected chi connectivity index (χ2v) is 9.03. The third kappa shape index (κ3) is 4.36. The summed E-state index contributed by atoms with van der Waals surface area (Å²) in [5.41, 5.74) is 0.871. The quantitative estimate of drug-likeness (QED) is 0.548. The number of aromatic nitrogens is 2. The summed E-state index contributed by atoms with van der Waals surface area (Å²) in [6.07, 6.45) is 2.14. The number of aryl methyl sites for hydroxylation is 1. The minimum Gasteiger partial charge on any atom is -0.461 e. The van der Waals surface area contributed by atoms with Gasteiger partial charge in [-0.25, -0.2) is 9.78 Å². The zero-order valence-electron chi connectivity index (χ0n) is 16.6. The zero-order chi connectivity index (χ0) is 19.7. The van der Waals surface area contributed by atoms with Crippen molar-refractivity contribution in [3.63, 3.8) is 0 Å². The maximum absolute atomic E-state index is 12.5. The zero-order valence-corrected chi connectivity index (χ0v) is 18.2. The van der Waals surface area contributed by atoms with E-state index in [1.54, 1.807) is 0 Å². The van der Waals surface area contributed by atoms with E-state index in [9.17, 15) is 4.79 Å². The predicted octanol–water partition coefficient (Wildman–Crippen LogP) is 4.00. The molecule has 0 atom stereocenters. The van der Waals surface area contributed by atoms with Crippen LogP contribution in [0.3, 0.4) is 0 Å². The van der Waals surface area contributed by atoms with Crippen LogP contribution >= 0.6 is 22.9 Å². The number of fused-ring (bicyclic) bond motifs is 1. The maximum Gasteiger partial charge on any atom is 0.348 e. The van der Waals surface area contributed by atoms with E-state index in [1.165, 1.54) is 11.3 Å². The second kappa shape index (κ2) is 8.29. The number of halogens is 1. The molecular weight excluding hydrogens is 384 g/mol. The van der Waals surface area contributed by atoms with E-state index in [0.29, 0.717) is 23.4 Å². The predicted molar refractivity (Wildman–Crippen MR) is 111 cm³/mol. The molecule has 0 radical (unpaired) electrons. The number of ether oxygens (including phenoxy) is 1. The van der Waals surface area contributed by atoms with E-state index >= 15 is 0 Å². The average molecular weight is 411 g/mol. The van der Waals surface area contributed by atoms with Gasteiger partial charge in [-0.05, 0) is 63.0 Å². The van der Waals surface area contributed by atoms with Crippen LogP contribution in [0.15, 0.2) is 0 Å². The Hall–Kier alpha value is -1.44. The van der Waals surface area contributed by atoms with Crippen LogP contribution in [0, 0.1) is 12.8 Å². The van der Waals surface area contributed by atoms with Crippen LogP contribution in [-0.2, 0) is 4.74 Å². The molecule has 0 saturated carbocycles. The summed E-state index contributed by atoms with van der Waals surface area (Å²) in [6.45, 7) is 8.50. The smallest absolute Gasteiger partial charge is 0.348 e. The molecule has 1 aliphatic rings. The lowest BCUT2D eigenvalue weighted by molar-refractivity contribution is 0.0464. The fourth-order valence-corrected chi connectivity index (χ4v) is 4.69. The summed E-state index contributed by atoms with van der Waals surface area (Å²) in [5, 5.41) is 1.11. The number of hydrogen-bond acceptors (Lipinski definition) is 7. The highest BCUT2D eigenvalue weighted by Gasteiger charge is 2.27. The number of carbonyl (C=O) groups excluding carboxylic acids is 1. The lowest BCUT2D eigenvalue weighted by Gasteiger charge is -2.36. The highest BCUT2D eigenvalue weighted by Crippen LogP contribution is 2.37.